The fourth-order valence-electron chi connectivity index (χ4n) is 4.13. The molecular formula is C27H25N5O4. The van der Waals surface area contributed by atoms with Gasteiger partial charge in [0.25, 0.3) is 0 Å². The summed E-state index contributed by atoms with van der Waals surface area (Å²) in [4.78, 5) is 27.3. The number of amides is 2. The topological polar surface area (TPSA) is 141 Å². The molecule has 1 saturated heterocycles. The summed E-state index contributed by atoms with van der Waals surface area (Å²) in [7, 11) is 0. The van der Waals surface area contributed by atoms with E-state index in [1.165, 1.54) is 4.90 Å². The summed E-state index contributed by atoms with van der Waals surface area (Å²) < 4.78 is 5.18. The van der Waals surface area contributed by atoms with Crippen molar-refractivity contribution in [3.63, 3.8) is 0 Å². The van der Waals surface area contributed by atoms with Gasteiger partial charge in [0, 0.05) is 24.2 Å². The molecule has 9 heteroatoms. The summed E-state index contributed by atoms with van der Waals surface area (Å²) in [5.41, 5.74) is 9.72. The Balaban J connectivity index is 1.57. The number of carbonyl (C=O) groups is 2. The molecule has 3 aromatic rings. The molecule has 9 nitrogen and oxygen atoms in total. The summed E-state index contributed by atoms with van der Waals surface area (Å²) in [6, 6.07) is 22.8. The van der Waals surface area contributed by atoms with Crippen molar-refractivity contribution in [3.8, 4) is 17.2 Å². The van der Waals surface area contributed by atoms with Gasteiger partial charge in [-0.25, -0.2) is 4.79 Å². The maximum atomic E-state index is 13.4. The standard InChI is InChI=1S/C27H25N5O4/c28-17-21-6-1-2-8-23(21)19-9-11-22(12-10-19)30-26(33)24(32-13-4-14-36-27(32)34)16-18-5-3-7-20(15-18)25(29)31-35/h1-3,5-12,15,24,35H,4,13-14,16H2,(H2,29,31)(H,30,33). The van der Waals surface area contributed by atoms with Crippen LogP contribution in [0.2, 0.25) is 0 Å². The number of nitrogens with two attached hydrogens (primary N) is 1. The van der Waals surface area contributed by atoms with E-state index in [0.29, 0.717) is 36.4 Å². The molecule has 1 heterocycles. The Hall–Kier alpha value is -4.84. The molecule has 1 unspecified atom stereocenters. The molecule has 4 N–H and O–H groups in total. The van der Waals surface area contributed by atoms with Crippen molar-refractivity contribution in [1.29, 1.82) is 5.26 Å². The van der Waals surface area contributed by atoms with Crippen LogP contribution >= 0.6 is 0 Å². The molecule has 3 aromatic carbocycles. The second kappa shape index (κ2) is 11.1. The van der Waals surface area contributed by atoms with E-state index in [9.17, 15) is 14.9 Å². The molecule has 0 spiro atoms. The molecule has 0 radical (unpaired) electrons. The number of amidine groups is 1. The Morgan fingerprint density at radius 2 is 1.94 bits per heavy atom. The number of hydrogen-bond acceptors (Lipinski definition) is 6. The summed E-state index contributed by atoms with van der Waals surface area (Å²) >= 11 is 0. The lowest BCUT2D eigenvalue weighted by atomic mass is 9.99. The summed E-state index contributed by atoms with van der Waals surface area (Å²) in [6.45, 7) is 0.703. The van der Waals surface area contributed by atoms with Crippen LogP contribution in [0.3, 0.4) is 0 Å². The zero-order chi connectivity index (χ0) is 25.5. The third-order valence-corrected chi connectivity index (χ3v) is 5.95. The fraction of sp³-hybridized carbons (Fsp3) is 0.185. The molecule has 0 saturated carbocycles. The van der Waals surface area contributed by atoms with Gasteiger partial charge in [0.2, 0.25) is 5.91 Å². The lowest BCUT2D eigenvalue weighted by Crippen LogP contribution is -2.51. The predicted molar refractivity (Wildman–Crippen MR) is 134 cm³/mol. The van der Waals surface area contributed by atoms with Gasteiger partial charge in [-0.2, -0.15) is 5.26 Å². The molecule has 36 heavy (non-hydrogen) atoms. The zero-order valence-electron chi connectivity index (χ0n) is 19.4. The smallest absolute Gasteiger partial charge is 0.410 e. The Morgan fingerprint density at radius 1 is 1.17 bits per heavy atom. The molecule has 182 valence electrons. The average molecular weight is 484 g/mol. The molecule has 1 aliphatic rings. The monoisotopic (exact) mass is 483 g/mol. The van der Waals surface area contributed by atoms with Crippen molar-refractivity contribution < 1.29 is 19.5 Å². The quantitative estimate of drug-likeness (QED) is 0.202. The Labute approximate surface area is 208 Å². The minimum absolute atomic E-state index is 0.0479. The minimum Gasteiger partial charge on any atom is -0.449 e. The summed E-state index contributed by atoms with van der Waals surface area (Å²) in [6.07, 6.45) is 0.283. The van der Waals surface area contributed by atoms with Crippen LogP contribution < -0.4 is 11.1 Å². The van der Waals surface area contributed by atoms with E-state index in [1.807, 2.05) is 36.4 Å². The normalized spacial score (nSPS) is 14.5. The first-order valence-electron chi connectivity index (χ1n) is 11.4. The fourth-order valence-corrected chi connectivity index (χ4v) is 4.13. The van der Waals surface area contributed by atoms with Gasteiger partial charge in [0.05, 0.1) is 18.2 Å². The van der Waals surface area contributed by atoms with Crippen LogP contribution in [0, 0.1) is 11.3 Å². The number of hydrogen-bond donors (Lipinski definition) is 3. The maximum absolute atomic E-state index is 13.4. The number of carbonyl (C=O) groups excluding carboxylic acids is 2. The lowest BCUT2D eigenvalue weighted by Gasteiger charge is -2.33. The molecule has 1 aliphatic heterocycles. The first-order valence-corrected chi connectivity index (χ1v) is 11.4. The van der Waals surface area contributed by atoms with E-state index in [2.05, 4.69) is 16.5 Å². The zero-order valence-corrected chi connectivity index (χ0v) is 19.4. The summed E-state index contributed by atoms with van der Waals surface area (Å²) in [5.74, 6) is -0.415. The minimum atomic E-state index is -0.834. The lowest BCUT2D eigenvalue weighted by molar-refractivity contribution is -0.121. The van der Waals surface area contributed by atoms with E-state index in [0.717, 1.165) is 16.7 Å². The van der Waals surface area contributed by atoms with E-state index in [-0.39, 0.29) is 18.2 Å². The van der Waals surface area contributed by atoms with Crippen LogP contribution in [0.15, 0.2) is 78.0 Å². The molecule has 2 amide bonds. The van der Waals surface area contributed by atoms with Gasteiger partial charge < -0.3 is 21.0 Å². The first kappa shape index (κ1) is 24.3. The molecular weight excluding hydrogens is 458 g/mol. The maximum Gasteiger partial charge on any atom is 0.410 e. The Morgan fingerprint density at radius 3 is 2.67 bits per heavy atom. The molecule has 1 fully saturated rings. The van der Waals surface area contributed by atoms with Crippen LogP contribution in [0.5, 0.6) is 0 Å². The van der Waals surface area contributed by atoms with Crippen LogP contribution in [0.1, 0.15) is 23.1 Å². The summed E-state index contributed by atoms with van der Waals surface area (Å²) in [5, 5.41) is 24.3. The van der Waals surface area contributed by atoms with Gasteiger partial charge >= 0.3 is 6.09 Å². The predicted octanol–water partition coefficient (Wildman–Crippen LogP) is 3.71. The number of cyclic esters (lactones) is 1. The molecule has 1 atom stereocenters. The van der Waals surface area contributed by atoms with Gasteiger partial charge in [-0.15, -0.1) is 0 Å². The van der Waals surface area contributed by atoms with E-state index < -0.39 is 12.1 Å². The number of oxime groups is 1. The highest BCUT2D eigenvalue weighted by molar-refractivity contribution is 5.98. The highest BCUT2D eigenvalue weighted by Crippen LogP contribution is 2.25. The number of anilines is 1. The van der Waals surface area contributed by atoms with E-state index in [4.69, 9.17) is 15.7 Å². The van der Waals surface area contributed by atoms with Gasteiger partial charge in [-0.05, 0) is 47.4 Å². The van der Waals surface area contributed by atoms with Crippen molar-refractivity contribution in [2.45, 2.75) is 18.9 Å². The van der Waals surface area contributed by atoms with Crippen molar-refractivity contribution in [1.82, 2.24) is 4.90 Å². The van der Waals surface area contributed by atoms with Gasteiger partial charge in [-0.1, -0.05) is 53.7 Å². The van der Waals surface area contributed by atoms with Crippen LogP contribution in [-0.2, 0) is 16.0 Å². The van der Waals surface area contributed by atoms with Crippen molar-refractivity contribution >= 4 is 23.5 Å². The molecule has 4 rings (SSSR count). The van der Waals surface area contributed by atoms with Crippen molar-refractivity contribution in [2.24, 2.45) is 10.9 Å². The van der Waals surface area contributed by atoms with Gasteiger partial charge in [-0.3, -0.25) is 9.69 Å². The van der Waals surface area contributed by atoms with E-state index >= 15 is 0 Å². The molecule has 0 aromatic heterocycles. The van der Waals surface area contributed by atoms with Gasteiger partial charge in [0.1, 0.15) is 6.04 Å². The Kier molecular flexibility index (Phi) is 7.46. The molecule has 0 aliphatic carbocycles. The largest absolute Gasteiger partial charge is 0.449 e. The average Bonchev–Trinajstić information content (AvgIpc) is 2.92. The number of nitrogens with one attached hydrogen (secondary N) is 1. The second-order valence-electron chi connectivity index (χ2n) is 8.29. The van der Waals surface area contributed by atoms with Crippen LogP contribution in [-0.4, -0.2) is 47.1 Å². The van der Waals surface area contributed by atoms with Crippen molar-refractivity contribution in [2.75, 3.05) is 18.5 Å². The van der Waals surface area contributed by atoms with E-state index in [1.54, 1.807) is 36.4 Å². The Bertz CT molecular complexity index is 1330. The number of benzene rings is 3. The SMILES string of the molecule is N#Cc1ccccc1-c1ccc(NC(=O)C(Cc2cccc(/C(N)=N/O)c2)N2CCCOC2=O)cc1. The third kappa shape index (κ3) is 5.45. The highest BCUT2D eigenvalue weighted by atomic mass is 16.6. The second-order valence-corrected chi connectivity index (χ2v) is 8.29. The number of rotatable bonds is 7. The first-order chi connectivity index (χ1) is 17.5. The van der Waals surface area contributed by atoms with Crippen molar-refractivity contribution in [3.05, 3.63) is 89.5 Å². The molecule has 0 bridgehead atoms. The van der Waals surface area contributed by atoms with Gasteiger partial charge in [0.15, 0.2) is 5.84 Å². The third-order valence-electron chi connectivity index (χ3n) is 5.95. The number of ether oxygens (including phenoxy) is 1. The number of nitriles is 1. The van der Waals surface area contributed by atoms with Crippen LogP contribution in [0.4, 0.5) is 10.5 Å². The number of nitrogens with zero attached hydrogens (tertiary/aromatic N) is 3. The van der Waals surface area contributed by atoms with Crippen LogP contribution in [0.25, 0.3) is 11.1 Å². The highest BCUT2D eigenvalue weighted by Gasteiger charge is 2.33.